The van der Waals surface area contributed by atoms with Crippen LogP contribution in [0.2, 0.25) is 0 Å². The summed E-state index contributed by atoms with van der Waals surface area (Å²) in [5, 5.41) is 3.50. The first-order chi connectivity index (χ1) is 10.1. The van der Waals surface area contributed by atoms with Crippen molar-refractivity contribution in [1.82, 2.24) is 5.32 Å². The first kappa shape index (κ1) is 16.2. The van der Waals surface area contributed by atoms with Crippen LogP contribution >= 0.6 is 15.9 Å². The summed E-state index contributed by atoms with van der Waals surface area (Å²) in [5.74, 6) is 1.71. The normalized spacial score (nSPS) is 12.6. The summed E-state index contributed by atoms with van der Waals surface area (Å²) in [6, 6.07) is 9.32. The number of benzene rings is 1. The summed E-state index contributed by atoms with van der Waals surface area (Å²) in [6.07, 6.45) is 2.73. The monoisotopic (exact) mass is 353 g/mol. The van der Waals surface area contributed by atoms with Crippen LogP contribution in [0.15, 0.2) is 39.2 Å². The zero-order valence-electron chi connectivity index (χ0n) is 12.5. The van der Waals surface area contributed by atoms with Crippen molar-refractivity contribution in [2.45, 2.75) is 39.2 Å². The molecule has 2 rings (SSSR count). The third-order valence-corrected chi connectivity index (χ3v) is 4.05. The van der Waals surface area contributed by atoms with Gasteiger partial charge in [0.1, 0.15) is 17.3 Å². The lowest BCUT2D eigenvalue weighted by atomic mass is 10.0. The molecule has 2 aromatic rings. The van der Waals surface area contributed by atoms with E-state index in [2.05, 4.69) is 35.1 Å². The maximum Gasteiger partial charge on any atom is 0.137 e. The summed E-state index contributed by atoms with van der Waals surface area (Å²) >= 11 is 3.24. The molecule has 1 N–H and O–H groups in total. The van der Waals surface area contributed by atoms with E-state index < -0.39 is 0 Å². The molecule has 0 amide bonds. The van der Waals surface area contributed by atoms with E-state index in [9.17, 15) is 4.39 Å². The average Bonchev–Trinajstić information content (AvgIpc) is 2.96. The van der Waals surface area contributed by atoms with E-state index in [4.69, 9.17) is 4.42 Å². The Hall–Kier alpha value is -1.13. The average molecular weight is 354 g/mol. The second kappa shape index (κ2) is 7.76. The molecule has 0 radical (unpaired) electrons. The summed E-state index contributed by atoms with van der Waals surface area (Å²) in [7, 11) is 0. The minimum absolute atomic E-state index is 0.114. The summed E-state index contributed by atoms with van der Waals surface area (Å²) < 4.78 is 19.7. The highest BCUT2D eigenvalue weighted by atomic mass is 79.9. The van der Waals surface area contributed by atoms with Gasteiger partial charge in [0.25, 0.3) is 0 Å². The van der Waals surface area contributed by atoms with Gasteiger partial charge in [-0.15, -0.1) is 0 Å². The second-order valence-corrected chi connectivity index (χ2v) is 5.97. The molecule has 0 saturated carbocycles. The van der Waals surface area contributed by atoms with Crippen LogP contribution in [0.25, 0.3) is 0 Å². The highest BCUT2D eigenvalue weighted by Crippen LogP contribution is 2.24. The van der Waals surface area contributed by atoms with Crippen molar-refractivity contribution in [3.8, 4) is 0 Å². The van der Waals surface area contributed by atoms with Gasteiger partial charge in [-0.25, -0.2) is 4.39 Å². The van der Waals surface area contributed by atoms with Crippen LogP contribution in [-0.2, 0) is 12.8 Å². The van der Waals surface area contributed by atoms with Gasteiger partial charge in [-0.2, -0.15) is 0 Å². The van der Waals surface area contributed by atoms with Gasteiger partial charge in [0.15, 0.2) is 0 Å². The minimum atomic E-state index is -0.233. The first-order valence-electron chi connectivity index (χ1n) is 7.40. The molecule has 0 aliphatic heterocycles. The second-order valence-electron chi connectivity index (χ2n) is 5.12. The molecule has 0 aliphatic rings. The fraction of sp³-hybridized carbons (Fsp3) is 0.412. The van der Waals surface area contributed by atoms with E-state index >= 15 is 0 Å². The standard InChI is InChI=1S/C17H21BrFNO/c1-3-9-20-16(17-8-6-13(4-2)21-17)11-12-5-7-15(19)14(18)10-12/h5-8,10,16,20H,3-4,9,11H2,1-2H3. The van der Waals surface area contributed by atoms with Crippen LogP contribution in [0.3, 0.4) is 0 Å². The fourth-order valence-corrected chi connectivity index (χ4v) is 2.69. The van der Waals surface area contributed by atoms with Gasteiger partial charge >= 0.3 is 0 Å². The SMILES string of the molecule is CCCNC(Cc1ccc(F)c(Br)c1)c1ccc(CC)o1. The Morgan fingerprint density at radius 3 is 2.67 bits per heavy atom. The van der Waals surface area contributed by atoms with Gasteiger partial charge in [0.05, 0.1) is 10.5 Å². The number of nitrogens with one attached hydrogen (secondary N) is 1. The molecular formula is C17H21BrFNO. The number of furan rings is 1. The van der Waals surface area contributed by atoms with Crippen LogP contribution in [-0.4, -0.2) is 6.54 Å². The van der Waals surface area contributed by atoms with E-state index in [0.717, 1.165) is 42.9 Å². The summed E-state index contributed by atoms with van der Waals surface area (Å²) in [6.45, 7) is 5.14. The van der Waals surface area contributed by atoms with Crippen LogP contribution in [0.5, 0.6) is 0 Å². The van der Waals surface area contributed by atoms with Crippen molar-refractivity contribution in [2.24, 2.45) is 0 Å². The first-order valence-corrected chi connectivity index (χ1v) is 8.19. The zero-order valence-corrected chi connectivity index (χ0v) is 14.0. The van der Waals surface area contributed by atoms with Crippen molar-refractivity contribution in [3.05, 3.63) is 57.7 Å². The summed E-state index contributed by atoms with van der Waals surface area (Å²) in [5.41, 5.74) is 1.08. The van der Waals surface area contributed by atoms with Crippen molar-refractivity contribution in [2.75, 3.05) is 6.54 Å². The van der Waals surface area contributed by atoms with Crippen molar-refractivity contribution in [1.29, 1.82) is 0 Å². The van der Waals surface area contributed by atoms with E-state index in [1.54, 1.807) is 0 Å². The highest BCUT2D eigenvalue weighted by Gasteiger charge is 2.16. The molecule has 2 nitrogen and oxygen atoms in total. The molecule has 4 heteroatoms. The molecule has 1 aromatic heterocycles. The molecule has 0 aliphatic carbocycles. The van der Waals surface area contributed by atoms with Crippen LogP contribution in [0.4, 0.5) is 4.39 Å². The fourth-order valence-electron chi connectivity index (χ4n) is 2.27. The Balaban J connectivity index is 2.17. The molecule has 0 bridgehead atoms. The van der Waals surface area contributed by atoms with E-state index in [1.807, 2.05) is 24.3 Å². The Morgan fingerprint density at radius 2 is 2.05 bits per heavy atom. The molecule has 1 aromatic carbocycles. The minimum Gasteiger partial charge on any atom is -0.464 e. The topological polar surface area (TPSA) is 25.2 Å². The van der Waals surface area contributed by atoms with E-state index in [-0.39, 0.29) is 11.9 Å². The largest absolute Gasteiger partial charge is 0.464 e. The Labute approximate surface area is 133 Å². The van der Waals surface area contributed by atoms with Gasteiger partial charge in [-0.05, 0) is 65.1 Å². The van der Waals surface area contributed by atoms with Gasteiger partial charge in [-0.1, -0.05) is 19.9 Å². The van der Waals surface area contributed by atoms with Crippen molar-refractivity contribution < 1.29 is 8.81 Å². The quantitative estimate of drug-likeness (QED) is 0.755. The lowest BCUT2D eigenvalue weighted by Crippen LogP contribution is -2.23. The van der Waals surface area contributed by atoms with E-state index in [1.165, 1.54) is 6.07 Å². The third kappa shape index (κ3) is 4.42. The molecule has 0 fully saturated rings. The van der Waals surface area contributed by atoms with Gasteiger partial charge < -0.3 is 9.73 Å². The van der Waals surface area contributed by atoms with Crippen molar-refractivity contribution >= 4 is 15.9 Å². The molecular weight excluding hydrogens is 333 g/mol. The molecule has 1 atom stereocenters. The predicted molar refractivity (Wildman–Crippen MR) is 86.9 cm³/mol. The maximum absolute atomic E-state index is 13.3. The molecule has 1 unspecified atom stereocenters. The number of rotatable bonds is 7. The lowest BCUT2D eigenvalue weighted by Gasteiger charge is -2.17. The number of hydrogen-bond donors (Lipinski definition) is 1. The molecule has 0 spiro atoms. The molecule has 21 heavy (non-hydrogen) atoms. The lowest BCUT2D eigenvalue weighted by molar-refractivity contribution is 0.392. The number of aryl methyl sites for hydroxylation is 1. The Morgan fingerprint density at radius 1 is 1.24 bits per heavy atom. The maximum atomic E-state index is 13.3. The molecule has 114 valence electrons. The third-order valence-electron chi connectivity index (χ3n) is 3.44. The zero-order chi connectivity index (χ0) is 15.2. The highest BCUT2D eigenvalue weighted by molar-refractivity contribution is 9.10. The molecule has 0 saturated heterocycles. The number of halogens is 2. The Bertz CT molecular complexity index is 582. The molecule has 1 heterocycles. The van der Waals surface area contributed by atoms with Gasteiger partial charge in [-0.3, -0.25) is 0 Å². The number of hydrogen-bond acceptors (Lipinski definition) is 2. The smallest absolute Gasteiger partial charge is 0.137 e. The van der Waals surface area contributed by atoms with Crippen LogP contribution < -0.4 is 5.32 Å². The predicted octanol–water partition coefficient (Wildman–Crippen LogP) is 5.03. The van der Waals surface area contributed by atoms with Gasteiger partial charge in [0.2, 0.25) is 0 Å². The van der Waals surface area contributed by atoms with Crippen LogP contribution in [0, 0.1) is 5.82 Å². The Kier molecular flexibility index (Phi) is 6.00. The van der Waals surface area contributed by atoms with Crippen molar-refractivity contribution in [3.63, 3.8) is 0 Å². The van der Waals surface area contributed by atoms with E-state index in [0.29, 0.717) is 4.47 Å². The summed E-state index contributed by atoms with van der Waals surface area (Å²) in [4.78, 5) is 0. The van der Waals surface area contributed by atoms with Crippen LogP contribution in [0.1, 0.15) is 43.4 Å². The van der Waals surface area contributed by atoms with Gasteiger partial charge in [0, 0.05) is 6.42 Å².